The molecule has 1 aliphatic heterocycles. The number of carbonyl (C=O) groups is 1. The third kappa shape index (κ3) is 2.49. The summed E-state index contributed by atoms with van der Waals surface area (Å²) < 4.78 is 0. The van der Waals surface area contributed by atoms with Crippen LogP contribution in [0.25, 0.3) is 0 Å². The summed E-state index contributed by atoms with van der Waals surface area (Å²) in [4.78, 5) is 11.7. The average Bonchev–Trinajstić information content (AvgIpc) is 2.69. The van der Waals surface area contributed by atoms with Crippen LogP contribution in [0, 0.1) is 5.92 Å². The predicted octanol–water partition coefficient (Wildman–Crippen LogP) is 3.03. The van der Waals surface area contributed by atoms with Gasteiger partial charge in [-0.05, 0) is 49.9 Å². The van der Waals surface area contributed by atoms with Gasteiger partial charge < -0.3 is 10.6 Å². The van der Waals surface area contributed by atoms with E-state index in [0.29, 0.717) is 11.6 Å². The zero-order valence-electron chi connectivity index (χ0n) is 11.1. The van der Waals surface area contributed by atoms with Crippen LogP contribution in [-0.4, -0.2) is 12.5 Å². The van der Waals surface area contributed by atoms with Gasteiger partial charge >= 0.3 is 0 Å². The third-order valence-electron chi connectivity index (χ3n) is 4.33. The van der Waals surface area contributed by atoms with Crippen LogP contribution < -0.4 is 10.6 Å². The molecule has 3 nitrogen and oxygen atoms in total. The van der Waals surface area contributed by atoms with E-state index in [1.807, 2.05) is 12.1 Å². The molecule has 1 aromatic carbocycles. The molecule has 1 atom stereocenters. The zero-order valence-corrected chi connectivity index (χ0v) is 11.9. The van der Waals surface area contributed by atoms with Crippen LogP contribution in [0.1, 0.15) is 53.7 Å². The molecule has 1 saturated carbocycles. The molecule has 2 aliphatic rings. The molecule has 0 saturated heterocycles. The molecule has 0 aromatic heterocycles. The minimum atomic E-state index is -0.00931. The highest BCUT2D eigenvalue weighted by Gasteiger charge is 2.24. The molecule has 2 N–H and O–H groups in total. The molecular weight excluding hydrogens is 260 g/mol. The fourth-order valence-electron chi connectivity index (χ4n) is 2.71. The Morgan fingerprint density at radius 3 is 2.95 bits per heavy atom. The van der Waals surface area contributed by atoms with Gasteiger partial charge in [0.05, 0.1) is 0 Å². The van der Waals surface area contributed by atoms with Gasteiger partial charge in [-0.3, -0.25) is 4.79 Å². The van der Waals surface area contributed by atoms with E-state index in [1.165, 1.54) is 19.3 Å². The molecule has 1 aromatic rings. The van der Waals surface area contributed by atoms with Crippen LogP contribution in [0.2, 0.25) is 5.02 Å². The maximum Gasteiger partial charge on any atom is 0.251 e. The molecular formula is C15H19ClN2O. The molecule has 0 unspecified atom stereocenters. The van der Waals surface area contributed by atoms with E-state index in [4.69, 9.17) is 11.6 Å². The molecule has 1 aliphatic carbocycles. The van der Waals surface area contributed by atoms with E-state index in [1.54, 1.807) is 0 Å². The first kappa shape index (κ1) is 12.9. The molecule has 1 heterocycles. The largest absolute Gasteiger partial charge is 0.348 e. The van der Waals surface area contributed by atoms with Gasteiger partial charge in [0, 0.05) is 28.7 Å². The second-order valence-electron chi connectivity index (χ2n) is 5.64. The Kier molecular flexibility index (Phi) is 3.50. The Hall–Kier alpha value is -1.06. The zero-order chi connectivity index (χ0) is 13.4. The quantitative estimate of drug-likeness (QED) is 0.889. The van der Waals surface area contributed by atoms with Gasteiger partial charge in [0.1, 0.15) is 0 Å². The summed E-state index contributed by atoms with van der Waals surface area (Å²) in [6.45, 7) is 3.74. The molecule has 3 rings (SSSR count). The molecule has 0 spiro atoms. The van der Waals surface area contributed by atoms with Gasteiger partial charge in [0.2, 0.25) is 0 Å². The van der Waals surface area contributed by atoms with E-state index in [-0.39, 0.29) is 11.9 Å². The van der Waals surface area contributed by atoms with Crippen molar-refractivity contribution in [3.05, 3.63) is 33.8 Å². The number of halogens is 1. The van der Waals surface area contributed by atoms with Gasteiger partial charge in [-0.25, -0.2) is 0 Å². The lowest BCUT2D eigenvalue weighted by Crippen LogP contribution is -2.29. The second-order valence-corrected chi connectivity index (χ2v) is 6.05. The Bertz CT molecular complexity index is 511. The number of benzene rings is 1. The van der Waals surface area contributed by atoms with Gasteiger partial charge in [0.15, 0.2) is 0 Å². The first-order chi connectivity index (χ1) is 9.15. The maximum absolute atomic E-state index is 11.7. The van der Waals surface area contributed by atoms with Crippen molar-refractivity contribution in [2.24, 2.45) is 5.92 Å². The van der Waals surface area contributed by atoms with Crippen LogP contribution in [-0.2, 0) is 6.54 Å². The van der Waals surface area contributed by atoms with E-state index in [2.05, 4.69) is 17.6 Å². The summed E-state index contributed by atoms with van der Waals surface area (Å²) in [5.74, 6) is 0.820. The molecule has 0 radical (unpaired) electrons. The van der Waals surface area contributed by atoms with Crippen LogP contribution in [0.3, 0.4) is 0 Å². The molecule has 1 amide bonds. The van der Waals surface area contributed by atoms with Crippen molar-refractivity contribution in [1.29, 1.82) is 0 Å². The number of carbonyl (C=O) groups excluding carboxylic acids is 1. The molecule has 0 bridgehead atoms. The fourth-order valence-corrected chi connectivity index (χ4v) is 3.01. The number of hydrogen-bond donors (Lipinski definition) is 2. The molecule has 19 heavy (non-hydrogen) atoms. The third-order valence-corrected chi connectivity index (χ3v) is 4.66. The van der Waals surface area contributed by atoms with Gasteiger partial charge in [-0.15, -0.1) is 0 Å². The monoisotopic (exact) mass is 278 g/mol. The predicted molar refractivity (Wildman–Crippen MR) is 76.4 cm³/mol. The summed E-state index contributed by atoms with van der Waals surface area (Å²) in [6.07, 6.45) is 4.05. The van der Waals surface area contributed by atoms with Gasteiger partial charge in [0.25, 0.3) is 5.91 Å². The average molecular weight is 279 g/mol. The van der Waals surface area contributed by atoms with Crippen LogP contribution in [0.5, 0.6) is 0 Å². The maximum atomic E-state index is 11.7. The Morgan fingerprint density at radius 1 is 1.47 bits per heavy atom. The summed E-state index contributed by atoms with van der Waals surface area (Å²) in [7, 11) is 0. The van der Waals surface area contributed by atoms with Crippen LogP contribution in [0.4, 0.5) is 0 Å². The van der Waals surface area contributed by atoms with Crippen molar-refractivity contribution in [2.75, 3.05) is 6.54 Å². The van der Waals surface area contributed by atoms with Crippen molar-refractivity contribution >= 4 is 17.5 Å². The van der Waals surface area contributed by atoms with Gasteiger partial charge in [-0.1, -0.05) is 18.0 Å². The topological polar surface area (TPSA) is 41.1 Å². The highest BCUT2D eigenvalue weighted by atomic mass is 35.5. The summed E-state index contributed by atoms with van der Waals surface area (Å²) >= 11 is 6.27. The number of amides is 1. The number of nitrogens with one attached hydrogen (secondary N) is 2. The lowest BCUT2D eigenvalue weighted by Gasteiger charge is -2.27. The van der Waals surface area contributed by atoms with Crippen LogP contribution in [0.15, 0.2) is 12.1 Å². The fraction of sp³-hybridized carbons (Fsp3) is 0.533. The van der Waals surface area contributed by atoms with Gasteiger partial charge in [-0.2, -0.15) is 0 Å². The first-order valence-corrected chi connectivity index (χ1v) is 7.37. The minimum absolute atomic E-state index is 0.00931. The highest BCUT2D eigenvalue weighted by molar-refractivity contribution is 6.32. The van der Waals surface area contributed by atoms with E-state index in [9.17, 15) is 4.79 Å². The summed E-state index contributed by atoms with van der Waals surface area (Å²) in [5, 5.41) is 7.06. The van der Waals surface area contributed by atoms with Crippen molar-refractivity contribution < 1.29 is 4.79 Å². The van der Waals surface area contributed by atoms with E-state index >= 15 is 0 Å². The minimum Gasteiger partial charge on any atom is -0.348 e. The standard InChI is InChI=1S/C15H19ClN2O/c1-9(17-7-10-3-2-4-10)11-5-12-13(14(16)6-11)8-18-15(12)19/h5-6,9-10,17H,2-4,7-8H2,1H3,(H,18,19)/t9-/m1/s1. The SMILES string of the molecule is C[C@@H](NCC1CCC1)c1cc(Cl)c2c(c1)C(=O)NC2. The normalized spacial score (nSPS) is 19.8. The first-order valence-electron chi connectivity index (χ1n) is 6.99. The summed E-state index contributed by atoms with van der Waals surface area (Å²) in [5.41, 5.74) is 2.77. The number of hydrogen-bond acceptors (Lipinski definition) is 2. The van der Waals surface area contributed by atoms with Crippen LogP contribution >= 0.6 is 11.6 Å². The molecule has 102 valence electrons. The second kappa shape index (κ2) is 5.14. The number of fused-ring (bicyclic) bond motifs is 1. The summed E-state index contributed by atoms with van der Waals surface area (Å²) in [6, 6.07) is 4.19. The Labute approximate surface area is 118 Å². The smallest absolute Gasteiger partial charge is 0.251 e. The van der Waals surface area contributed by atoms with Crippen molar-refractivity contribution in [2.45, 2.75) is 38.8 Å². The van der Waals surface area contributed by atoms with Crippen molar-refractivity contribution in [3.63, 3.8) is 0 Å². The Balaban J connectivity index is 1.74. The van der Waals surface area contributed by atoms with Crippen molar-refractivity contribution in [1.82, 2.24) is 10.6 Å². The lowest BCUT2D eigenvalue weighted by molar-refractivity contribution is 0.0965. The number of rotatable bonds is 4. The van der Waals surface area contributed by atoms with E-state index in [0.717, 1.165) is 29.2 Å². The lowest BCUT2D eigenvalue weighted by atomic mass is 9.85. The van der Waals surface area contributed by atoms with E-state index < -0.39 is 0 Å². The molecule has 1 fully saturated rings. The van der Waals surface area contributed by atoms with Crippen molar-refractivity contribution in [3.8, 4) is 0 Å². The highest BCUT2D eigenvalue weighted by Crippen LogP contribution is 2.30. The molecule has 4 heteroatoms. The Morgan fingerprint density at radius 2 is 2.26 bits per heavy atom.